The smallest absolute Gasteiger partial charge is 0.238 e. The van der Waals surface area contributed by atoms with Crippen molar-refractivity contribution in [3.63, 3.8) is 0 Å². The monoisotopic (exact) mass is 317 g/mol. The van der Waals surface area contributed by atoms with Crippen molar-refractivity contribution >= 4 is 17.5 Å². The van der Waals surface area contributed by atoms with Gasteiger partial charge in [0.1, 0.15) is 0 Å². The standard InChI is InChI=1S/C18H27N3O2/c1-12(2)14-8-6-7-13(3)17(14)20-16(22)11-21-10-5-4-9-15(21)18(19)23/h6-8,12,15H,4-5,9-11H2,1-3H3,(H2,19,23)(H,20,22)/t15-/m1/s1. The maximum Gasteiger partial charge on any atom is 0.238 e. The van der Waals surface area contributed by atoms with Gasteiger partial charge >= 0.3 is 0 Å². The molecule has 1 fully saturated rings. The molecule has 3 N–H and O–H groups in total. The first-order chi connectivity index (χ1) is 10.9. The quantitative estimate of drug-likeness (QED) is 0.875. The number of anilines is 1. The number of aryl methyl sites for hydroxylation is 1. The minimum atomic E-state index is -0.337. The minimum absolute atomic E-state index is 0.0886. The van der Waals surface area contributed by atoms with Gasteiger partial charge in [0.05, 0.1) is 12.6 Å². The van der Waals surface area contributed by atoms with Crippen LogP contribution in [0, 0.1) is 6.92 Å². The van der Waals surface area contributed by atoms with E-state index in [4.69, 9.17) is 5.73 Å². The third-order valence-electron chi connectivity index (χ3n) is 4.48. The Morgan fingerprint density at radius 1 is 1.35 bits per heavy atom. The van der Waals surface area contributed by atoms with Crippen molar-refractivity contribution in [3.8, 4) is 0 Å². The molecule has 1 aromatic carbocycles. The van der Waals surface area contributed by atoms with E-state index in [1.807, 2.05) is 30.0 Å². The first-order valence-corrected chi connectivity index (χ1v) is 8.33. The summed E-state index contributed by atoms with van der Waals surface area (Å²) in [7, 11) is 0. The maximum absolute atomic E-state index is 12.5. The van der Waals surface area contributed by atoms with Gasteiger partial charge in [0.15, 0.2) is 0 Å². The van der Waals surface area contributed by atoms with Crippen molar-refractivity contribution in [1.29, 1.82) is 0 Å². The molecule has 5 nitrogen and oxygen atoms in total. The molecule has 1 saturated heterocycles. The van der Waals surface area contributed by atoms with E-state index in [0.29, 0.717) is 5.92 Å². The van der Waals surface area contributed by atoms with Crippen LogP contribution in [0.4, 0.5) is 5.69 Å². The number of hydrogen-bond acceptors (Lipinski definition) is 3. The fourth-order valence-electron chi connectivity index (χ4n) is 3.21. The van der Waals surface area contributed by atoms with Crippen LogP contribution >= 0.6 is 0 Å². The normalized spacial score (nSPS) is 18.9. The highest BCUT2D eigenvalue weighted by atomic mass is 16.2. The number of amides is 2. The van der Waals surface area contributed by atoms with Crippen LogP contribution in [0.1, 0.15) is 50.2 Å². The Bertz CT molecular complexity index is 584. The van der Waals surface area contributed by atoms with Gasteiger partial charge in [0, 0.05) is 5.69 Å². The van der Waals surface area contributed by atoms with E-state index in [0.717, 1.165) is 42.6 Å². The van der Waals surface area contributed by atoms with E-state index in [-0.39, 0.29) is 24.4 Å². The van der Waals surface area contributed by atoms with E-state index >= 15 is 0 Å². The molecule has 0 unspecified atom stereocenters. The van der Waals surface area contributed by atoms with Crippen molar-refractivity contribution in [2.45, 2.75) is 52.0 Å². The summed E-state index contributed by atoms with van der Waals surface area (Å²) in [4.78, 5) is 25.9. The largest absolute Gasteiger partial charge is 0.368 e. The second-order valence-electron chi connectivity index (χ2n) is 6.63. The molecule has 1 atom stereocenters. The van der Waals surface area contributed by atoms with Gasteiger partial charge in [0.25, 0.3) is 0 Å². The number of piperidine rings is 1. The van der Waals surface area contributed by atoms with E-state index in [1.165, 1.54) is 0 Å². The summed E-state index contributed by atoms with van der Waals surface area (Å²) in [5.74, 6) is -0.0934. The molecule has 2 amide bonds. The minimum Gasteiger partial charge on any atom is -0.368 e. The molecule has 0 aliphatic carbocycles. The number of primary amides is 1. The number of carbonyl (C=O) groups is 2. The van der Waals surface area contributed by atoms with E-state index in [2.05, 4.69) is 19.2 Å². The molecule has 23 heavy (non-hydrogen) atoms. The molecular formula is C18H27N3O2. The van der Waals surface area contributed by atoms with Gasteiger partial charge in [-0.15, -0.1) is 0 Å². The number of likely N-dealkylation sites (tertiary alicyclic amines) is 1. The third kappa shape index (κ3) is 4.32. The molecule has 0 bridgehead atoms. The average Bonchev–Trinajstić information content (AvgIpc) is 2.49. The molecule has 0 saturated carbocycles. The summed E-state index contributed by atoms with van der Waals surface area (Å²) in [6, 6.07) is 5.72. The molecule has 0 radical (unpaired) electrons. The Morgan fingerprint density at radius 3 is 2.74 bits per heavy atom. The zero-order valence-electron chi connectivity index (χ0n) is 14.3. The lowest BCUT2D eigenvalue weighted by atomic mass is 9.98. The lowest BCUT2D eigenvalue weighted by Gasteiger charge is -2.33. The number of nitrogens with one attached hydrogen (secondary N) is 1. The van der Waals surface area contributed by atoms with Crippen molar-refractivity contribution in [3.05, 3.63) is 29.3 Å². The number of hydrogen-bond donors (Lipinski definition) is 2. The second-order valence-corrected chi connectivity index (χ2v) is 6.63. The van der Waals surface area contributed by atoms with Crippen LogP contribution in [0.3, 0.4) is 0 Å². The second kappa shape index (κ2) is 7.59. The molecule has 126 valence electrons. The number of benzene rings is 1. The topological polar surface area (TPSA) is 75.4 Å². The fraction of sp³-hybridized carbons (Fsp3) is 0.556. The SMILES string of the molecule is Cc1cccc(C(C)C)c1NC(=O)CN1CCCC[C@@H]1C(N)=O. The first-order valence-electron chi connectivity index (χ1n) is 8.33. The summed E-state index contributed by atoms with van der Waals surface area (Å²) in [6.07, 6.45) is 2.73. The summed E-state index contributed by atoms with van der Waals surface area (Å²) in [5.41, 5.74) is 8.53. The lowest BCUT2D eigenvalue weighted by molar-refractivity contribution is -0.126. The number of para-hydroxylation sites is 1. The molecule has 2 rings (SSSR count). The van der Waals surface area contributed by atoms with Crippen LogP contribution in [0.5, 0.6) is 0 Å². The van der Waals surface area contributed by atoms with Crippen molar-refractivity contribution in [2.75, 3.05) is 18.4 Å². The van der Waals surface area contributed by atoms with Crippen LogP contribution in [0.2, 0.25) is 0 Å². The Morgan fingerprint density at radius 2 is 2.09 bits per heavy atom. The van der Waals surface area contributed by atoms with E-state index in [1.54, 1.807) is 0 Å². The molecule has 0 aromatic heterocycles. The molecule has 5 heteroatoms. The first kappa shape index (κ1) is 17.5. The Kier molecular flexibility index (Phi) is 5.77. The molecule has 1 heterocycles. The summed E-state index contributed by atoms with van der Waals surface area (Å²) >= 11 is 0. The fourth-order valence-corrected chi connectivity index (χ4v) is 3.21. The molecule has 1 aromatic rings. The van der Waals surface area contributed by atoms with Gasteiger partial charge in [-0.25, -0.2) is 0 Å². The highest BCUT2D eigenvalue weighted by Gasteiger charge is 2.28. The highest BCUT2D eigenvalue weighted by molar-refractivity contribution is 5.94. The Labute approximate surface area is 138 Å². The summed E-state index contributed by atoms with van der Waals surface area (Å²) < 4.78 is 0. The zero-order valence-corrected chi connectivity index (χ0v) is 14.3. The van der Waals surface area contributed by atoms with Gasteiger partial charge in [-0.2, -0.15) is 0 Å². The van der Waals surface area contributed by atoms with Crippen LogP contribution in [-0.4, -0.2) is 35.8 Å². The van der Waals surface area contributed by atoms with Gasteiger partial charge in [-0.1, -0.05) is 38.5 Å². The third-order valence-corrected chi connectivity index (χ3v) is 4.48. The van der Waals surface area contributed by atoms with Crippen LogP contribution in [0.15, 0.2) is 18.2 Å². The van der Waals surface area contributed by atoms with Crippen molar-refractivity contribution in [1.82, 2.24) is 4.90 Å². The summed E-state index contributed by atoms with van der Waals surface area (Å²) in [6.45, 7) is 7.16. The van der Waals surface area contributed by atoms with Gasteiger partial charge in [0.2, 0.25) is 11.8 Å². The molecule has 1 aliphatic heterocycles. The molecule has 1 aliphatic rings. The summed E-state index contributed by atoms with van der Waals surface area (Å²) in [5, 5.41) is 3.03. The Balaban J connectivity index is 2.09. The van der Waals surface area contributed by atoms with Crippen LogP contribution in [0.25, 0.3) is 0 Å². The molecular weight excluding hydrogens is 290 g/mol. The highest BCUT2D eigenvalue weighted by Crippen LogP contribution is 2.27. The maximum atomic E-state index is 12.5. The molecule has 0 spiro atoms. The number of nitrogens with zero attached hydrogens (tertiary/aromatic N) is 1. The van der Waals surface area contributed by atoms with Gasteiger partial charge < -0.3 is 11.1 Å². The van der Waals surface area contributed by atoms with E-state index < -0.39 is 0 Å². The number of carbonyl (C=O) groups excluding carboxylic acids is 2. The van der Waals surface area contributed by atoms with E-state index in [9.17, 15) is 9.59 Å². The zero-order chi connectivity index (χ0) is 17.0. The lowest BCUT2D eigenvalue weighted by Crippen LogP contribution is -2.50. The average molecular weight is 317 g/mol. The predicted octanol–water partition coefficient (Wildman–Crippen LogP) is 2.40. The number of nitrogens with two attached hydrogens (primary N) is 1. The van der Waals surface area contributed by atoms with Crippen LogP contribution in [-0.2, 0) is 9.59 Å². The van der Waals surface area contributed by atoms with Crippen LogP contribution < -0.4 is 11.1 Å². The van der Waals surface area contributed by atoms with Crippen molar-refractivity contribution < 1.29 is 9.59 Å². The Hall–Kier alpha value is -1.88. The number of rotatable bonds is 5. The van der Waals surface area contributed by atoms with Gasteiger partial charge in [-0.05, 0) is 43.4 Å². The predicted molar refractivity (Wildman–Crippen MR) is 92.3 cm³/mol. The van der Waals surface area contributed by atoms with Gasteiger partial charge in [-0.3, -0.25) is 14.5 Å². The van der Waals surface area contributed by atoms with Crippen molar-refractivity contribution in [2.24, 2.45) is 5.73 Å².